The van der Waals surface area contributed by atoms with Crippen LogP contribution in [0.15, 0.2) is 77.9 Å². The molecule has 1 aliphatic carbocycles. The molecule has 2 heterocycles. The van der Waals surface area contributed by atoms with Crippen molar-refractivity contribution in [3.63, 3.8) is 0 Å². The van der Waals surface area contributed by atoms with Crippen molar-refractivity contribution in [2.75, 3.05) is 5.32 Å². The maximum absolute atomic E-state index is 14.2. The first-order chi connectivity index (χ1) is 16.9. The SMILES string of the molecule is CC(C)N=c1cc2n(-c3ccc(F)c(F)c3)c3ccccc3nc-2cc1Nc1ncccc1C#N. The smallest absolute Gasteiger partial charge is 0.160 e. The largest absolute Gasteiger partial charge is 0.337 e. The lowest BCUT2D eigenvalue weighted by molar-refractivity contribution is 0.508. The number of fused-ring (bicyclic) bond motifs is 2. The minimum Gasteiger partial charge on any atom is -0.337 e. The van der Waals surface area contributed by atoms with Crippen LogP contribution in [0.1, 0.15) is 19.4 Å². The van der Waals surface area contributed by atoms with E-state index in [1.54, 1.807) is 18.3 Å². The maximum atomic E-state index is 14.2. The van der Waals surface area contributed by atoms with E-state index in [0.29, 0.717) is 45.0 Å². The zero-order chi connectivity index (χ0) is 24.5. The van der Waals surface area contributed by atoms with Crippen LogP contribution in [0.25, 0.3) is 28.1 Å². The van der Waals surface area contributed by atoms with Gasteiger partial charge in [-0.05, 0) is 62.4 Å². The van der Waals surface area contributed by atoms with Crippen molar-refractivity contribution < 1.29 is 8.78 Å². The van der Waals surface area contributed by atoms with E-state index in [0.717, 1.165) is 11.6 Å². The molecule has 0 unspecified atom stereocenters. The summed E-state index contributed by atoms with van der Waals surface area (Å²) >= 11 is 0. The fraction of sp³-hybridized carbons (Fsp3) is 0.111. The molecule has 0 spiro atoms. The van der Waals surface area contributed by atoms with E-state index < -0.39 is 11.6 Å². The van der Waals surface area contributed by atoms with Gasteiger partial charge in [0.05, 0.1) is 39.0 Å². The number of benzene rings is 3. The summed E-state index contributed by atoms with van der Waals surface area (Å²) in [6.07, 6.45) is 1.60. The molecule has 0 fully saturated rings. The molecule has 2 aromatic carbocycles. The second-order valence-electron chi connectivity index (χ2n) is 8.25. The van der Waals surface area contributed by atoms with Gasteiger partial charge in [0.2, 0.25) is 0 Å². The molecule has 0 bridgehead atoms. The van der Waals surface area contributed by atoms with Crippen LogP contribution in [-0.4, -0.2) is 20.6 Å². The number of nitrogens with zero attached hydrogens (tertiary/aromatic N) is 5. The fourth-order valence-electron chi connectivity index (χ4n) is 3.95. The normalized spacial score (nSPS) is 11.8. The van der Waals surface area contributed by atoms with Gasteiger partial charge in [-0.25, -0.2) is 18.7 Å². The summed E-state index contributed by atoms with van der Waals surface area (Å²) in [5.41, 5.74) is 4.17. The van der Waals surface area contributed by atoms with E-state index >= 15 is 0 Å². The molecule has 0 radical (unpaired) electrons. The zero-order valence-corrected chi connectivity index (χ0v) is 19.0. The van der Waals surface area contributed by atoms with E-state index in [4.69, 9.17) is 9.98 Å². The highest BCUT2D eigenvalue weighted by Crippen LogP contribution is 2.31. The number of para-hydroxylation sites is 2. The molecule has 0 atom stereocenters. The number of anilines is 2. The molecule has 1 aliphatic heterocycles. The Morgan fingerprint density at radius 1 is 1.00 bits per heavy atom. The van der Waals surface area contributed by atoms with Crippen molar-refractivity contribution in [3.8, 4) is 23.1 Å². The van der Waals surface area contributed by atoms with Crippen molar-refractivity contribution in [1.29, 1.82) is 5.26 Å². The van der Waals surface area contributed by atoms with Crippen LogP contribution in [0.2, 0.25) is 0 Å². The predicted molar refractivity (Wildman–Crippen MR) is 131 cm³/mol. The number of aromatic nitrogens is 3. The molecule has 5 rings (SSSR count). The summed E-state index contributed by atoms with van der Waals surface area (Å²) in [6.45, 7) is 3.91. The van der Waals surface area contributed by atoms with E-state index in [1.165, 1.54) is 12.1 Å². The maximum Gasteiger partial charge on any atom is 0.160 e. The first-order valence-electron chi connectivity index (χ1n) is 11.0. The number of halogens is 2. The molecule has 0 amide bonds. The van der Waals surface area contributed by atoms with Gasteiger partial charge in [-0.3, -0.25) is 4.99 Å². The van der Waals surface area contributed by atoms with E-state index in [-0.39, 0.29) is 6.04 Å². The number of nitrogens with one attached hydrogen (secondary N) is 1. The molecule has 3 aromatic rings. The fourth-order valence-corrected chi connectivity index (χ4v) is 3.95. The van der Waals surface area contributed by atoms with Gasteiger partial charge in [-0.15, -0.1) is 0 Å². The summed E-state index contributed by atoms with van der Waals surface area (Å²) in [6, 6.07) is 20.4. The molecule has 2 aliphatic rings. The number of pyridine rings is 1. The number of hydrogen-bond acceptors (Lipinski definition) is 5. The Morgan fingerprint density at radius 3 is 2.60 bits per heavy atom. The van der Waals surface area contributed by atoms with Gasteiger partial charge < -0.3 is 9.88 Å². The number of nitriles is 1. The quantitative estimate of drug-likeness (QED) is 0.343. The highest BCUT2D eigenvalue weighted by Gasteiger charge is 2.18. The second kappa shape index (κ2) is 8.95. The zero-order valence-electron chi connectivity index (χ0n) is 19.0. The van der Waals surface area contributed by atoms with Gasteiger partial charge >= 0.3 is 0 Å². The number of rotatable bonds is 4. The van der Waals surface area contributed by atoms with Crippen LogP contribution in [-0.2, 0) is 0 Å². The average molecular weight is 466 g/mol. The summed E-state index contributed by atoms with van der Waals surface area (Å²) in [5, 5.41) is 13.3. The van der Waals surface area contributed by atoms with Gasteiger partial charge in [-0.1, -0.05) is 12.1 Å². The van der Waals surface area contributed by atoms with E-state index in [2.05, 4.69) is 16.4 Å². The first kappa shape index (κ1) is 22.2. The Hall–Kier alpha value is -4.64. The van der Waals surface area contributed by atoms with Crippen LogP contribution in [0.4, 0.5) is 20.3 Å². The summed E-state index contributed by atoms with van der Waals surface area (Å²) in [4.78, 5) is 13.9. The summed E-state index contributed by atoms with van der Waals surface area (Å²) in [5.74, 6) is -1.44. The van der Waals surface area contributed by atoms with E-state index in [9.17, 15) is 14.0 Å². The molecule has 6 nitrogen and oxygen atoms in total. The molecule has 8 heteroatoms. The average Bonchev–Trinajstić information content (AvgIpc) is 2.85. The van der Waals surface area contributed by atoms with E-state index in [1.807, 2.05) is 54.8 Å². The van der Waals surface area contributed by atoms with Crippen molar-refractivity contribution in [1.82, 2.24) is 14.5 Å². The highest BCUT2D eigenvalue weighted by molar-refractivity contribution is 5.84. The van der Waals surface area contributed by atoms with Gasteiger partial charge in [0.15, 0.2) is 11.6 Å². The Labute approximate surface area is 200 Å². The third kappa shape index (κ3) is 4.20. The van der Waals surface area contributed by atoms with Crippen molar-refractivity contribution in [3.05, 3.63) is 95.5 Å². The molecule has 0 saturated heterocycles. The minimum atomic E-state index is -0.936. The third-order valence-corrected chi connectivity index (χ3v) is 5.44. The lowest BCUT2D eigenvalue weighted by Gasteiger charge is -2.20. The van der Waals surface area contributed by atoms with Crippen LogP contribution in [0.5, 0.6) is 0 Å². The Kier molecular flexibility index (Phi) is 5.67. The van der Waals surface area contributed by atoms with Gasteiger partial charge in [0.1, 0.15) is 11.9 Å². The van der Waals surface area contributed by atoms with Crippen molar-refractivity contribution >= 4 is 22.5 Å². The Morgan fingerprint density at radius 2 is 1.83 bits per heavy atom. The third-order valence-electron chi connectivity index (χ3n) is 5.44. The highest BCUT2D eigenvalue weighted by atomic mass is 19.2. The summed E-state index contributed by atoms with van der Waals surface area (Å²) in [7, 11) is 0. The standard InChI is InChI=1S/C27H20F2N6/c1-16(2)32-23-14-26-24(13-22(23)34-27-17(15-30)6-5-11-31-27)33-21-7-3-4-8-25(21)35(26)18-9-10-19(28)20(29)12-18/h3-14,16H,1-2H3,(H,31,34). The molecule has 172 valence electrons. The monoisotopic (exact) mass is 466 g/mol. The number of hydrogen-bond donors (Lipinski definition) is 1. The second-order valence-corrected chi connectivity index (χ2v) is 8.25. The minimum absolute atomic E-state index is 0.0303. The molecule has 1 N–H and O–H groups in total. The lowest BCUT2D eigenvalue weighted by atomic mass is 10.1. The van der Waals surface area contributed by atoms with Crippen LogP contribution in [0.3, 0.4) is 0 Å². The van der Waals surface area contributed by atoms with Gasteiger partial charge in [0, 0.05) is 24.0 Å². The lowest BCUT2D eigenvalue weighted by Crippen LogP contribution is -2.17. The topological polar surface area (TPSA) is 78.9 Å². The Bertz CT molecular complexity index is 1650. The van der Waals surface area contributed by atoms with Crippen molar-refractivity contribution in [2.24, 2.45) is 4.99 Å². The van der Waals surface area contributed by atoms with Gasteiger partial charge in [-0.2, -0.15) is 5.26 Å². The van der Waals surface area contributed by atoms with Crippen molar-refractivity contribution in [2.45, 2.75) is 19.9 Å². The molecule has 0 saturated carbocycles. The molecular formula is C27H20F2N6. The molecular weight excluding hydrogens is 446 g/mol. The van der Waals surface area contributed by atoms with Crippen LogP contribution < -0.4 is 10.7 Å². The van der Waals surface area contributed by atoms with Gasteiger partial charge in [0.25, 0.3) is 0 Å². The Balaban J connectivity index is 1.84. The summed E-state index contributed by atoms with van der Waals surface area (Å²) < 4.78 is 29.8. The van der Waals surface area contributed by atoms with Crippen LogP contribution in [0, 0.1) is 23.0 Å². The first-order valence-corrected chi connectivity index (χ1v) is 11.0. The molecule has 1 aromatic heterocycles. The predicted octanol–water partition coefficient (Wildman–Crippen LogP) is 5.73. The van der Waals surface area contributed by atoms with Crippen LogP contribution >= 0.6 is 0 Å². The molecule has 35 heavy (non-hydrogen) atoms.